The number of methoxy groups -OCH3 is 1. The minimum absolute atomic E-state index is 0.0602. The number of rotatable bonds is 6. The van der Waals surface area contributed by atoms with Gasteiger partial charge in [-0.15, -0.1) is 10.2 Å². The van der Waals surface area contributed by atoms with Crippen LogP contribution < -0.4 is 20.7 Å². The highest BCUT2D eigenvalue weighted by Gasteiger charge is 2.19. The van der Waals surface area contributed by atoms with Crippen molar-refractivity contribution in [2.75, 3.05) is 24.8 Å². The Kier molecular flexibility index (Phi) is 5.67. The molecule has 2 amide bonds. The zero-order chi connectivity index (χ0) is 21.0. The Morgan fingerprint density at radius 2 is 1.97 bits per heavy atom. The molecule has 0 radical (unpaired) electrons. The lowest BCUT2D eigenvalue weighted by Gasteiger charge is -2.16. The van der Waals surface area contributed by atoms with Gasteiger partial charge < -0.3 is 20.7 Å². The molecule has 0 aliphatic heterocycles. The van der Waals surface area contributed by atoms with Crippen molar-refractivity contribution in [3.63, 3.8) is 0 Å². The predicted octanol–water partition coefficient (Wildman–Crippen LogP) is 1.34. The highest BCUT2D eigenvalue weighted by atomic mass is 16.5. The van der Waals surface area contributed by atoms with Gasteiger partial charge in [0.2, 0.25) is 5.91 Å². The first-order valence-corrected chi connectivity index (χ1v) is 8.60. The van der Waals surface area contributed by atoms with Gasteiger partial charge in [-0.1, -0.05) is 6.07 Å². The average molecular weight is 396 g/mol. The maximum absolute atomic E-state index is 12.2. The van der Waals surface area contributed by atoms with E-state index in [1.807, 2.05) is 6.07 Å². The van der Waals surface area contributed by atoms with Crippen LogP contribution in [0, 0.1) is 0 Å². The number of nitrogens with one attached hydrogen (secondary N) is 3. The fraction of sp³-hybridized carbons (Fsp3) is 0.222. The number of anilines is 3. The van der Waals surface area contributed by atoms with Gasteiger partial charge in [0.1, 0.15) is 6.33 Å². The van der Waals surface area contributed by atoms with E-state index < -0.39 is 5.91 Å². The third-order valence-corrected chi connectivity index (χ3v) is 3.87. The normalized spacial score (nSPS) is 10.3. The van der Waals surface area contributed by atoms with Crippen LogP contribution in [0.15, 0.2) is 30.6 Å². The van der Waals surface area contributed by atoms with E-state index >= 15 is 0 Å². The summed E-state index contributed by atoms with van der Waals surface area (Å²) in [4.78, 5) is 27.8. The second kappa shape index (κ2) is 8.33. The Labute approximate surface area is 166 Å². The molecule has 2 aromatic heterocycles. The van der Waals surface area contributed by atoms with Crippen molar-refractivity contribution in [1.82, 2.24) is 30.3 Å². The number of hydrogen-bond acceptors (Lipinski definition) is 8. The number of carbonyl (C=O) groups is 2. The molecule has 0 atom stereocenters. The van der Waals surface area contributed by atoms with Crippen molar-refractivity contribution >= 4 is 29.0 Å². The van der Waals surface area contributed by atoms with Crippen molar-refractivity contribution < 1.29 is 14.3 Å². The molecule has 3 N–H and O–H groups in total. The van der Waals surface area contributed by atoms with Crippen LogP contribution in [-0.2, 0) is 11.8 Å². The van der Waals surface area contributed by atoms with Crippen molar-refractivity contribution in [2.45, 2.75) is 6.92 Å². The van der Waals surface area contributed by atoms with Gasteiger partial charge in [-0.25, -0.2) is 4.98 Å². The summed E-state index contributed by atoms with van der Waals surface area (Å²) in [5.74, 6) is 0.439. The Morgan fingerprint density at radius 1 is 1.17 bits per heavy atom. The molecule has 0 saturated heterocycles. The fourth-order valence-electron chi connectivity index (χ4n) is 2.65. The summed E-state index contributed by atoms with van der Waals surface area (Å²) in [5, 5.41) is 20.3. The largest absolute Gasteiger partial charge is 0.494 e. The van der Waals surface area contributed by atoms with Gasteiger partial charge in [-0.3, -0.25) is 14.3 Å². The van der Waals surface area contributed by atoms with Crippen LogP contribution in [0.5, 0.6) is 5.75 Å². The fourth-order valence-corrected chi connectivity index (χ4v) is 2.65. The van der Waals surface area contributed by atoms with Crippen LogP contribution in [-0.4, -0.2) is 50.9 Å². The quantitative estimate of drug-likeness (QED) is 0.568. The maximum Gasteiger partial charge on any atom is 0.273 e. The first kappa shape index (κ1) is 19.7. The summed E-state index contributed by atoms with van der Waals surface area (Å²) in [7, 11) is 4.79. The van der Waals surface area contributed by atoms with E-state index in [-0.39, 0.29) is 17.4 Å². The Morgan fingerprint density at radius 3 is 2.59 bits per heavy atom. The highest BCUT2D eigenvalue weighted by Crippen LogP contribution is 2.37. The third-order valence-electron chi connectivity index (χ3n) is 3.87. The Balaban J connectivity index is 2.06. The Hall–Kier alpha value is -4.02. The second-order valence-electron chi connectivity index (χ2n) is 6.01. The summed E-state index contributed by atoms with van der Waals surface area (Å²) in [5.41, 5.74) is 1.63. The molecule has 0 fully saturated rings. The summed E-state index contributed by atoms with van der Waals surface area (Å²) >= 11 is 0. The summed E-state index contributed by atoms with van der Waals surface area (Å²) < 4.78 is 7.16. The van der Waals surface area contributed by atoms with E-state index in [0.29, 0.717) is 28.5 Å². The molecule has 2 heterocycles. The minimum atomic E-state index is -0.434. The second-order valence-corrected chi connectivity index (χ2v) is 6.01. The zero-order valence-corrected chi connectivity index (χ0v) is 16.3. The molecule has 0 unspecified atom stereocenters. The van der Waals surface area contributed by atoms with Gasteiger partial charge in [0.05, 0.1) is 24.0 Å². The van der Waals surface area contributed by atoms with E-state index in [2.05, 4.69) is 36.2 Å². The standard InChI is InChI=1S/C18H20N8O3/c1-10(27)21-14-8-13(15(24-23-14)18(28)19-2)22-12-7-5-6-11(16(12)29-4)17-20-9-26(3)25-17/h5-9H,1-4H3,(H,19,28)(H2,21,22,23,27). The van der Waals surface area contributed by atoms with Gasteiger partial charge in [-0.2, -0.15) is 5.10 Å². The van der Waals surface area contributed by atoms with Gasteiger partial charge in [0.25, 0.3) is 5.91 Å². The third kappa shape index (κ3) is 4.29. The molecule has 0 bridgehead atoms. The molecule has 0 saturated carbocycles. The monoisotopic (exact) mass is 396 g/mol. The lowest BCUT2D eigenvalue weighted by Crippen LogP contribution is -2.22. The maximum atomic E-state index is 12.2. The molecule has 11 heteroatoms. The number of carbonyl (C=O) groups excluding carboxylic acids is 2. The highest BCUT2D eigenvalue weighted by molar-refractivity contribution is 5.99. The first-order chi connectivity index (χ1) is 13.9. The number of hydrogen-bond donors (Lipinski definition) is 3. The van der Waals surface area contributed by atoms with Crippen molar-refractivity contribution in [3.05, 3.63) is 36.3 Å². The molecule has 0 aliphatic rings. The van der Waals surface area contributed by atoms with E-state index in [9.17, 15) is 9.59 Å². The van der Waals surface area contributed by atoms with Crippen LogP contribution in [0.2, 0.25) is 0 Å². The molecular formula is C18H20N8O3. The molecule has 0 spiro atoms. The summed E-state index contributed by atoms with van der Waals surface area (Å²) in [6.07, 6.45) is 1.59. The molecule has 29 heavy (non-hydrogen) atoms. The molecule has 3 aromatic rings. The first-order valence-electron chi connectivity index (χ1n) is 8.60. The predicted molar refractivity (Wildman–Crippen MR) is 106 cm³/mol. The molecular weight excluding hydrogens is 376 g/mol. The van der Waals surface area contributed by atoms with E-state index in [1.165, 1.54) is 27.1 Å². The number of benzene rings is 1. The number of aryl methyl sites for hydroxylation is 1. The molecule has 0 aliphatic carbocycles. The van der Waals surface area contributed by atoms with Crippen molar-refractivity contribution in [1.29, 1.82) is 0 Å². The van der Waals surface area contributed by atoms with Crippen LogP contribution in [0.3, 0.4) is 0 Å². The summed E-state index contributed by atoms with van der Waals surface area (Å²) in [6.45, 7) is 1.35. The Bertz CT molecular complexity index is 1060. The van der Waals surface area contributed by atoms with Gasteiger partial charge in [0.15, 0.2) is 23.1 Å². The van der Waals surface area contributed by atoms with Gasteiger partial charge >= 0.3 is 0 Å². The lowest BCUT2D eigenvalue weighted by atomic mass is 10.1. The van der Waals surface area contributed by atoms with E-state index in [4.69, 9.17) is 4.74 Å². The zero-order valence-electron chi connectivity index (χ0n) is 16.3. The van der Waals surface area contributed by atoms with Crippen molar-refractivity contribution in [2.24, 2.45) is 7.05 Å². The van der Waals surface area contributed by atoms with Crippen LogP contribution in [0.4, 0.5) is 17.2 Å². The molecule has 11 nitrogen and oxygen atoms in total. The summed E-state index contributed by atoms with van der Waals surface area (Å²) in [6, 6.07) is 6.92. The van der Waals surface area contributed by atoms with E-state index in [0.717, 1.165) is 0 Å². The van der Waals surface area contributed by atoms with Crippen LogP contribution >= 0.6 is 0 Å². The van der Waals surface area contributed by atoms with Crippen LogP contribution in [0.25, 0.3) is 11.4 Å². The van der Waals surface area contributed by atoms with Gasteiger partial charge in [0, 0.05) is 27.1 Å². The topological polar surface area (TPSA) is 136 Å². The lowest BCUT2D eigenvalue weighted by molar-refractivity contribution is -0.114. The molecule has 1 aromatic carbocycles. The van der Waals surface area contributed by atoms with E-state index in [1.54, 1.807) is 30.2 Å². The number of nitrogens with zero attached hydrogens (tertiary/aromatic N) is 5. The van der Waals surface area contributed by atoms with Gasteiger partial charge in [-0.05, 0) is 12.1 Å². The molecule has 3 rings (SSSR count). The van der Waals surface area contributed by atoms with Crippen LogP contribution in [0.1, 0.15) is 17.4 Å². The average Bonchev–Trinajstić information content (AvgIpc) is 3.13. The van der Waals surface area contributed by atoms with Crippen molar-refractivity contribution in [3.8, 4) is 17.1 Å². The number of para-hydroxylation sites is 1. The minimum Gasteiger partial charge on any atom is -0.494 e. The molecule has 150 valence electrons. The number of amides is 2. The smallest absolute Gasteiger partial charge is 0.273 e. The number of aromatic nitrogens is 5. The SMILES string of the molecule is CNC(=O)c1nnc(NC(C)=O)cc1Nc1cccc(-c2ncn(C)n2)c1OC. The number of ether oxygens (including phenoxy) is 1.